The highest BCUT2D eigenvalue weighted by molar-refractivity contribution is 4.83. The van der Waals surface area contributed by atoms with Gasteiger partial charge in [0.25, 0.3) is 0 Å². The highest BCUT2D eigenvalue weighted by atomic mass is 16.5. The van der Waals surface area contributed by atoms with Gasteiger partial charge >= 0.3 is 0 Å². The van der Waals surface area contributed by atoms with Gasteiger partial charge in [0.2, 0.25) is 0 Å². The molecule has 0 unspecified atom stereocenters. The minimum absolute atomic E-state index is 0.0885. The van der Waals surface area contributed by atoms with Crippen LogP contribution < -0.4 is 0 Å². The highest BCUT2D eigenvalue weighted by Crippen LogP contribution is 1.91. The van der Waals surface area contributed by atoms with Crippen LogP contribution in [0, 0.1) is 0 Å². The Hall–Kier alpha value is -0.500. The quantitative estimate of drug-likeness (QED) is 0.555. The Morgan fingerprint density at radius 2 is 2.38 bits per heavy atom. The van der Waals surface area contributed by atoms with Crippen molar-refractivity contribution in [2.45, 2.75) is 13.8 Å². The molecule has 0 radical (unpaired) electrons. The molecule has 8 heavy (non-hydrogen) atoms. The largest absolute Gasteiger partial charge is 0.496 e. The third-order valence-corrected chi connectivity index (χ3v) is 0.828. The van der Waals surface area contributed by atoms with E-state index < -0.39 is 0 Å². The lowest BCUT2D eigenvalue weighted by Gasteiger charge is -2.00. The van der Waals surface area contributed by atoms with E-state index in [0.29, 0.717) is 6.61 Å². The van der Waals surface area contributed by atoms with Crippen molar-refractivity contribution in [2.24, 2.45) is 0 Å². The SMILES string of the molecule is CC=C(C)OCCO. The fourth-order valence-corrected chi connectivity index (χ4v) is 0.290. The van der Waals surface area contributed by atoms with Crippen LogP contribution in [0.15, 0.2) is 11.8 Å². The first-order valence-electron chi connectivity index (χ1n) is 2.68. The predicted molar refractivity (Wildman–Crippen MR) is 32.5 cm³/mol. The molecule has 0 aliphatic carbocycles. The Morgan fingerprint density at radius 1 is 1.75 bits per heavy atom. The van der Waals surface area contributed by atoms with Gasteiger partial charge in [0.1, 0.15) is 6.61 Å². The zero-order valence-electron chi connectivity index (χ0n) is 5.35. The fourth-order valence-electron chi connectivity index (χ4n) is 0.290. The first-order chi connectivity index (χ1) is 3.81. The number of rotatable bonds is 3. The molecule has 2 nitrogen and oxygen atoms in total. The first-order valence-corrected chi connectivity index (χ1v) is 2.68. The topological polar surface area (TPSA) is 29.5 Å². The van der Waals surface area contributed by atoms with Crippen molar-refractivity contribution in [2.75, 3.05) is 13.2 Å². The highest BCUT2D eigenvalue weighted by Gasteiger charge is 1.82. The Kier molecular flexibility index (Phi) is 4.36. The van der Waals surface area contributed by atoms with E-state index in [1.165, 1.54) is 0 Å². The summed E-state index contributed by atoms with van der Waals surface area (Å²) in [6, 6.07) is 0. The third kappa shape index (κ3) is 3.68. The van der Waals surface area contributed by atoms with Crippen molar-refractivity contribution >= 4 is 0 Å². The summed E-state index contributed by atoms with van der Waals surface area (Å²) in [5.74, 6) is 0.860. The summed E-state index contributed by atoms with van der Waals surface area (Å²) >= 11 is 0. The van der Waals surface area contributed by atoms with Crippen LogP contribution in [0.5, 0.6) is 0 Å². The second-order valence-electron chi connectivity index (χ2n) is 1.47. The van der Waals surface area contributed by atoms with Gasteiger partial charge < -0.3 is 9.84 Å². The van der Waals surface area contributed by atoms with Crippen molar-refractivity contribution in [3.63, 3.8) is 0 Å². The molecule has 0 atom stereocenters. The maximum Gasteiger partial charge on any atom is 0.111 e. The van der Waals surface area contributed by atoms with Crippen molar-refractivity contribution in [1.29, 1.82) is 0 Å². The van der Waals surface area contributed by atoms with E-state index in [2.05, 4.69) is 0 Å². The maximum atomic E-state index is 8.26. The van der Waals surface area contributed by atoms with E-state index in [1.54, 1.807) is 0 Å². The summed E-state index contributed by atoms with van der Waals surface area (Å²) < 4.78 is 4.95. The van der Waals surface area contributed by atoms with Gasteiger partial charge in [-0.25, -0.2) is 0 Å². The van der Waals surface area contributed by atoms with E-state index in [4.69, 9.17) is 9.84 Å². The van der Waals surface area contributed by atoms with Crippen molar-refractivity contribution in [1.82, 2.24) is 0 Å². The van der Waals surface area contributed by atoms with Crippen LogP contribution in [0.1, 0.15) is 13.8 Å². The van der Waals surface area contributed by atoms with Gasteiger partial charge in [-0.05, 0) is 13.8 Å². The maximum absolute atomic E-state index is 8.26. The summed E-state index contributed by atoms with van der Waals surface area (Å²) in [6.45, 7) is 4.24. The molecule has 0 heterocycles. The number of allylic oxidation sites excluding steroid dienone is 2. The Bertz CT molecular complexity index is 76.6. The molecule has 0 rings (SSSR count). The summed E-state index contributed by atoms with van der Waals surface area (Å²) in [7, 11) is 0. The molecule has 48 valence electrons. The molecule has 0 aliphatic heterocycles. The minimum Gasteiger partial charge on any atom is -0.496 e. The standard InChI is InChI=1S/C6H12O2/c1-3-6(2)8-5-4-7/h3,7H,4-5H2,1-2H3. The van der Waals surface area contributed by atoms with Crippen molar-refractivity contribution < 1.29 is 9.84 Å². The lowest BCUT2D eigenvalue weighted by atomic mass is 10.5. The van der Waals surface area contributed by atoms with E-state index in [-0.39, 0.29) is 6.61 Å². The predicted octanol–water partition coefficient (Wildman–Crippen LogP) is 0.919. The van der Waals surface area contributed by atoms with Crippen LogP contribution in [0.25, 0.3) is 0 Å². The zero-order valence-corrected chi connectivity index (χ0v) is 5.35. The molecule has 0 saturated heterocycles. The molecular formula is C6H12O2. The van der Waals surface area contributed by atoms with Gasteiger partial charge in [-0.2, -0.15) is 0 Å². The number of hydrogen-bond acceptors (Lipinski definition) is 2. The van der Waals surface area contributed by atoms with Gasteiger partial charge in [0.05, 0.1) is 12.4 Å². The Balaban J connectivity index is 3.12. The van der Waals surface area contributed by atoms with Gasteiger partial charge in [-0.1, -0.05) is 6.08 Å². The second-order valence-corrected chi connectivity index (χ2v) is 1.47. The Morgan fingerprint density at radius 3 is 2.75 bits per heavy atom. The van der Waals surface area contributed by atoms with E-state index in [9.17, 15) is 0 Å². The fraction of sp³-hybridized carbons (Fsp3) is 0.667. The molecule has 0 aromatic heterocycles. The van der Waals surface area contributed by atoms with Crippen LogP contribution in [0.3, 0.4) is 0 Å². The molecule has 2 heteroatoms. The van der Waals surface area contributed by atoms with Crippen molar-refractivity contribution in [3.05, 3.63) is 11.8 Å². The zero-order chi connectivity index (χ0) is 6.41. The third-order valence-electron chi connectivity index (χ3n) is 0.828. The number of ether oxygens (including phenoxy) is 1. The second kappa shape index (κ2) is 4.65. The molecule has 0 saturated carbocycles. The summed E-state index contributed by atoms with van der Waals surface area (Å²) in [5, 5.41) is 8.26. The van der Waals surface area contributed by atoms with Gasteiger partial charge in [0, 0.05) is 0 Å². The lowest BCUT2D eigenvalue weighted by molar-refractivity contribution is 0.146. The molecule has 1 N–H and O–H groups in total. The molecule has 0 amide bonds. The Labute approximate surface area is 49.8 Å². The minimum atomic E-state index is 0.0885. The molecule has 0 aromatic carbocycles. The lowest BCUT2D eigenvalue weighted by Crippen LogP contribution is -1.95. The summed E-state index contributed by atoms with van der Waals surface area (Å²) in [5.41, 5.74) is 0. The van der Waals surface area contributed by atoms with Crippen LogP contribution >= 0.6 is 0 Å². The van der Waals surface area contributed by atoms with Crippen LogP contribution in [0.4, 0.5) is 0 Å². The number of hydrogen-bond donors (Lipinski definition) is 1. The van der Waals surface area contributed by atoms with E-state index in [0.717, 1.165) is 5.76 Å². The average molecular weight is 116 g/mol. The smallest absolute Gasteiger partial charge is 0.111 e. The summed E-state index contributed by atoms with van der Waals surface area (Å²) in [4.78, 5) is 0. The van der Waals surface area contributed by atoms with Crippen LogP contribution in [0.2, 0.25) is 0 Å². The molecule has 0 aliphatic rings. The molecule has 0 fully saturated rings. The van der Waals surface area contributed by atoms with Crippen molar-refractivity contribution in [3.8, 4) is 0 Å². The van der Waals surface area contributed by atoms with Crippen LogP contribution in [-0.2, 0) is 4.74 Å². The van der Waals surface area contributed by atoms with Crippen LogP contribution in [-0.4, -0.2) is 18.3 Å². The average Bonchev–Trinajstić information content (AvgIpc) is 1.83. The van der Waals surface area contributed by atoms with E-state index >= 15 is 0 Å². The normalized spacial score (nSPS) is 11.6. The van der Waals surface area contributed by atoms with Gasteiger partial charge in [0.15, 0.2) is 0 Å². The molecule has 0 bridgehead atoms. The molecule has 0 spiro atoms. The molecule has 0 aromatic rings. The number of aliphatic hydroxyl groups excluding tert-OH is 1. The molecular weight excluding hydrogens is 104 g/mol. The van der Waals surface area contributed by atoms with Gasteiger partial charge in [-0.15, -0.1) is 0 Å². The van der Waals surface area contributed by atoms with Gasteiger partial charge in [-0.3, -0.25) is 0 Å². The first kappa shape index (κ1) is 7.50. The monoisotopic (exact) mass is 116 g/mol. The number of aliphatic hydroxyl groups is 1. The van der Waals surface area contributed by atoms with E-state index in [1.807, 2.05) is 19.9 Å². The summed E-state index contributed by atoms with van der Waals surface area (Å²) in [6.07, 6.45) is 1.86.